The van der Waals surface area contributed by atoms with E-state index in [0.717, 1.165) is 17.5 Å². The highest BCUT2D eigenvalue weighted by atomic mass is 16.8. The van der Waals surface area contributed by atoms with Gasteiger partial charge in [-0.25, -0.2) is 0 Å². The number of rotatable bonds is 2. The fourth-order valence-electron chi connectivity index (χ4n) is 4.88. The van der Waals surface area contributed by atoms with Gasteiger partial charge in [0.25, 0.3) is 0 Å². The number of hydrogen-bond donors (Lipinski definition) is 0. The molecule has 5 rings (SSSR count). The third-order valence-corrected chi connectivity index (χ3v) is 6.27. The van der Waals surface area contributed by atoms with Gasteiger partial charge in [-0.15, -0.1) is 0 Å². The van der Waals surface area contributed by atoms with Gasteiger partial charge in [0.1, 0.15) is 0 Å². The van der Waals surface area contributed by atoms with Crippen molar-refractivity contribution in [3.05, 3.63) is 95.1 Å². The van der Waals surface area contributed by atoms with Crippen molar-refractivity contribution in [2.45, 2.75) is 38.3 Å². The van der Waals surface area contributed by atoms with E-state index in [1.807, 2.05) is 12.1 Å². The van der Waals surface area contributed by atoms with E-state index in [1.54, 1.807) is 0 Å². The quantitative estimate of drug-likeness (QED) is 0.744. The predicted molar refractivity (Wildman–Crippen MR) is 103 cm³/mol. The van der Waals surface area contributed by atoms with E-state index in [2.05, 4.69) is 74.5 Å². The van der Waals surface area contributed by atoms with Gasteiger partial charge < -0.3 is 9.47 Å². The first-order chi connectivity index (χ1) is 12.7. The van der Waals surface area contributed by atoms with Crippen LogP contribution in [0.4, 0.5) is 0 Å². The highest BCUT2D eigenvalue weighted by Crippen LogP contribution is 2.52. The first-order valence-corrected chi connectivity index (χ1v) is 9.57. The fourth-order valence-corrected chi connectivity index (χ4v) is 4.88. The first kappa shape index (κ1) is 16.0. The molecule has 0 bridgehead atoms. The summed E-state index contributed by atoms with van der Waals surface area (Å²) in [6.07, 6.45) is 5.76. The van der Waals surface area contributed by atoms with E-state index < -0.39 is 5.79 Å². The number of allylic oxidation sites excluding steroid dienone is 2. The molecule has 2 aromatic rings. The Morgan fingerprint density at radius 2 is 1.31 bits per heavy atom. The van der Waals surface area contributed by atoms with Crippen LogP contribution >= 0.6 is 0 Å². The van der Waals surface area contributed by atoms with Crippen LogP contribution in [0, 0.1) is 11.8 Å². The van der Waals surface area contributed by atoms with Gasteiger partial charge in [0.2, 0.25) is 5.79 Å². The van der Waals surface area contributed by atoms with Crippen LogP contribution in [0.2, 0.25) is 0 Å². The maximum Gasteiger partial charge on any atom is 0.223 e. The van der Waals surface area contributed by atoms with Crippen LogP contribution in [-0.2, 0) is 15.3 Å². The van der Waals surface area contributed by atoms with E-state index in [4.69, 9.17) is 9.47 Å². The van der Waals surface area contributed by atoms with E-state index in [0.29, 0.717) is 11.8 Å². The third kappa shape index (κ3) is 2.19. The van der Waals surface area contributed by atoms with Crippen molar-refractivity contribution in [3.63, 3.8) is 0 Å². The minimum absolute atomic E-state index is 0.0620. The second-order valence-corrected chi connectivity index (χ2v) is 7.68. The molecule has 0 aromatic heterocycles. The average Bonchev–Trinajstić information content (AvgIpc) is 3.34. The van der Waals surface area contributed by atoms with Crippen molar-refractivity contribution in [2.75, 3.05) is 0 Å². The predicted octanol–water partition coefficient (Wildman–Crippen LogP) is 5.21. The molecule has 0 radical (unpaired) electrons. The Hall–Kier alpha value is -2.16. The highest BCUT2D eigenvalue weighted by molar-refractivity contribution is 5.42. The van der Waals surface area contributed by atoms with Gasteiger partial charge in [0.05, 0.1) is 12.2 Å². The Balaban J connectivity index is 1.63. The van der Waals surface area contributed by atoms with Crippen molar-refractivity contribution >= 4 is 0 Å². The van der Waals surface area contributed by atoms with E-state index in [1.165, 1.54) is 11.1 Å². The van der Waals surface area contributed by atoms with Gasteiger partial charge in [-0.05, 0) is 12.0 Å². The molecule has 132 valence electrons. The van der Waals surface area contributed by atoms with Crippen LogP contribution in [0.1, 0.15) is 31.4 Å². The number of hydrogen-bond acceptors (Lipinski definition) is 2. The fraction of sp³-hybridized carbons (Fsp3) is 0.333. The Morgan fingerprint density at radius 1 is 0.769 bits per heavy atom. The average molecular weight is 344 g/mol. The third-order valence-electron chi connectivity index (χ3n) is 6.27. The molecule has 0 unspecified atom stereocenters. The molecule has 1 aliphatic heterocycles. The summed E-state index contributed by atoms with van der Waals surface area (Å²) in [5, 5.41) is 0. The van der Waals surface area contributed by atoms with Crippen LogP contribution < -0.4 is 0 Å². The SMILES string of the molecule is C[C@@H]1C2=C(CC=C2)[C@@H](C)[C@H]2OC(c3ccccc3)(c3ccccc3)O[C@@H]21. The number of ether oxygens (including phenoxy) is 2. The lowest BCUT2D eigenvalue weighted by molar-refractivity contribution is -0.154. The standard InChI is InChI=1S/C24H24O2/c1-16-20-14-9-15-21(20)17(2)23-22(16)25-24(26-23,18-10-5-3-6-11-18)19-12-7-4-8-13-19/h3-14,16-17,22-23H,15H2,1-2H3/t16-,17-,22-,23-/m1/s1. The normalized spacial score (nSPS) is 31.8. The Bertz CT molecular complexity index is 826. The number of fused-ring (bicyclic) bond motifs is 1. The molecule has 1 fully saturated rings. The minimum Gasteiger partial charge on any atom is -0.335 e. The molecule has 0 spiro atoms. The van der Waals surface area contributed by atoms with E-state index in [9.17, 15) is 0 Å². The second-order valence-electron chi connectivity index (χ2n) is 7.68. The Kier molecular flexibility index (Phi) is 3.66. The van der Waals surface area contributed by atoms with Gasteiger partial charge in [-0.2, -0.15) is 0 Å². The minimum atomic E-state index is -0.830. The molecule has 1 heterocycles. The smallest absolute Gasteiger partial charge is 0.223 e. The highest BCUT2D eigenvalue weighted by Gasteiger charge is 2.56. The van der Waals surface area contributed by atoms with Crippen LogP contribution in [0.5, 0.6) is 0 Å². The van der Waals surface area contributed by atoms with Crippen molar-refractivity contribution in [3.8, 4) is 0 Å². The summed E-state index contributed by atoms with van der Waals surface area (Å²) in [6, 6.07) is 20.8. The van der Waals surface area contributed by atoms with Gasteiger partial charge in [0.15, 0.2) is 0 Å². The second kappa shape index (κ2) is 5.94. The molecule has 1 saturated heterocycles. The van der Waals surface area contributed by atoms with Crippen molar-refractivity contribution < 1.29 is 9.47 Å². The first-order valence-electron chi connectivity index (χ1n) is 9.57. The van der Waals surface area contributed by atoms with Gasteiger partial charge in [-0.1, -0.05) is 92.2 Å². The molecular weight excluding hydrogens is 320 g/mol. The van der Waals surface area contributed by atoms with Crippen molar-refractivity contribution in [1.82, 2.24) is 0 Å². The van der Waals surface area contributed by atoms with Gasteiger partial charge in [0, 0.05) is 23.0 Å². The van der Waals surface area contributed by atoms with Crippen molar-refractivity contribution in [2.24, 2.45) is 11.8 Å². The summed E-state index contributed by atoms with van der Waals surface area (Å²) < 4.78 is 13.7. The summed E-state index contributed by atoms with van der Waals surface area (Å²) in [6.45, 7) is 4.57. The summed E-state index contributed by atoms with van der Waals surface area (Å²) in [5.41, 5.74) is 5.12. The van der Waals surface area contributed by atoms with E-state index >= 15 is 0 Å². The van der Waals surface area contributed by atoms with Gasteiger partial charge >= 0.3 is 0 Å². The molecule has 2 heteroatoms. The lowest BCUT2D eigenvalue weighted by atomic mass is 9.75. The molecule has 0 saturated carbocycles. The molecule has 2 aliphatic carbocycles. The lowest BCUT2D eigenvalue weighted by Crippen LogP contribution is -2.40. The zero-order chi connectivity index (χ0) is 17.7. The van der Waals surface area contributed by atoms with Crippen LogP contribution in [0.25, 0.3) is 0 Å². The Morgan fingerprint density at radius 3 is 1.88 bits per heavy atom. The molecular formula is C24H24O2. The maximum absolute atomic E-state index is 6.83. The zero-order valence-corrected chi connectivity index (χ0v) is 15.3. The topological polar surface area (TPSA) is 18.5 Å². The Labute approximate surface area is 155 Å². The summed E-state index contributed by atoms with van der Waals surface area (Å²) >= 11 is 0. The molecule has 26 heavy (non-hydrogen) atoms. The van der Waals surface area contributed by atoms with E-state index in [-0.39, 0.29) is 12.2 Å². The van der Waals surface area contributed by atoms with Crippen LogP contribution in [-0.4, -0.2) is 12.2 Å². The monoisotopic (exact) mass is 344 g/mol. The largest absolute Gasteiger partial charge is 0.335 e. The summed E-state index contributed by atoms with van der Waals surface area (Å²) in [4.78, 5) is 0. The molecule has 0 amide bonds. The zero-order valence-electron chi connectivity index (χ0n) is 15.3. The molecule has 2 aromatic carbocycles. The van der Waals surface area contributed by atoms with Crippen LogP contribution in [0.3, 0.4) is 0 Å². The van der Waals surface area contributed by atoms with Crippen molar-refractivity contribution in [1.29, 1.82) is 0 Å². The molecule has 0 N–H and O–H groups in total. The van der Waals surface area contributed by atoms with Gasteiger partial charge in [-0.3, -0.25) is 0 Å². The molecule has 3 aliphatic rings. The lowest BCUT2D eigenvalue weighted by Gasteiger charge is -2.35. The summed E-state index contributed by atoms with van der Waals surface area (Å²) in [5.74, 6) is -0.112. The molecule has 4 atom stereocenters. The maximum atomic E-state index is 6.83. The summed E-state index contributed by atoms with van der Waals surface area (Å²) in [7, 11) is 0. The van der Waals surface area contributed by atoms with Crippen LogP contribution in [0.15, 0.2) is 84.0 Å². The number of benzene rings is 2. The molecule has 2 nitrogen and oxygen atoms in total.